The number of sulfone groups is 1. The Kier molecular flexibility index (Phi) is 4.13. The highest BCUT2D eigenvalue weighted by Gasteiger charge is 2.54. The van der Waals surface area contributed by atoms with Gasteiger partial charge in [0.2, 0.25) is 0 Å². The van der Waals surface area contributed by atoms with Gasteiger partial charge in [-0.15, -0.1) is 0 Å². The predicted octanol–water partition coefficient (Wildman–Crippen LogP) is 2.44. The fraction of sp³-hybridized carbons (Fsp3) is 1.00. The number of rotatable bonds is 2. The van der Waals surface area contributed by atoms with Gasteiger partial charge in [0.05, 0.1) is 16.5 Å². The Bertz CT molecular complexity index is 475. The van der Waals surface area contributed by atoms with Crippen LogP contribution in [0.5, 0.6) is 0 Å². The van der Waals surface area contributed by atoms with Crippen molar-refractivity contribution in [2.45, 2.75) is 80.7 Å². The van der Waals surface area contributed by atoms with Crippen LogP contribution in [0.3, 0.4) is 0 Å². The van der Waals surface area contributed by atoms with E-state index >= 15 is 0 Å². The zero-order valence-electron chi connectivity index (χ0n) is 13.0. The molecule has 122 valence electrons. The first-order valence-corrected chi connectivity index (χ1v) is 10.4. The number of hydrogen-bond acceptors (Lipinski definition) is 4. The van der Waals surface area contributed by atoms with E-state index in [2.05, 4.69) is 0 Å². The fourth-order valence-electron chi connectivity index (χ4n) is 5.03. The third kappa shape index (κ3) is 2.89. The van der Waals surface area contributed by atoms with E-state index in [-0.39, 0.29) is 11.5 Å². The third-order valence-electron chi connectivity index (χ3n) is 6.08. The molecule has 0 bridgehead atoms. The van der Waals surface area contributed by atoms with Crippen molar-refractivity contribution in [2.75, 3.05) is 12.9 Å². The highest BCUT2D eigenvalue weighted by Crippen LogP contribution is 2.49. The van der Waals surface area contributed by atoms with Gasteiger partial charge < -0.3 is 9.84 Å². The van der Waals surface area contributed by atoms with Crippen LogP contribution in [-0.4, -0.2) is 42.8 Å². The van der Waals surface area contributed by atoms with E-state index in [9.17, 15) is 13.5 Å². The molecule has 2 aliphatic carbocycles. The second-order valence-electron chi connectivity index (χ2n) is 7.48. The average molecular weight is 316 g/mol. The summed E-state index contributed by atoms with van der Waals surface area (Å²) >= 11 is 0. The molecule has 0 aromatic heterocycles. The second kappa shape index (κ2) is 5.50. The van der Waals surface area contributed by atoms with Gasteiger partial charge in [-0.1, -0.05) is 19.3 Å². The Balaban J connectivity index is 1.82. The van der Waals surface area contributed by atoms with Crippen LogP contribution in [-0.2, 0) is 14.6 Å². The smallest absolute Gasteiger partial charge is 0.153 e. The first kappa shape index (κ1) is 15.8. The van der Waals surface area contributed by atoms with Crippen LogP contribution in [0, 0.1) is 5.92 Å². The van der Waals surface area contributed by atoms with Gasteiger partial charge in [-0.25, -0.2) is 8.42 Å². The van der Waals surface area contributed by atoms with Crippen molar-refractivity contribution >= 4 is 9.84 Å². The molecular formula is C16H28O4S. The van der Waals surface area contributed by atoms with Gasteiger partial charge >= 0.3 is 0 Å². The van der Waals surface area contributed by atoms with Crippen molar-refractivity contribution in [1.82, 2.24) is 0 Å². The zero-order valence-corrected chi connectivity index (χ0v) is 13.8. The molecule has 1 aliphatic heterocycles. The van der Waals surface area contributed by atoms with Gasteiger partial charge in [0.15, 0.2) is 9.84 Å². The molecular weight excluding hydrogens is 288 g/mol. The van der Waals surface area contributed by atoms with Crippen LogP contribution in [0.2, 0.25) is 0 Å². The van der Waals surface area contributed by atoms with Crippen LogP contribution in [0.25, 0.3) is 0 Å². The molecule has 5 heteroatoms. The lowest BCUT2D eigenvalue weighted by Crippen LogP contribution is -2.54. The maximum atomic E-state index is 12.1. The van der Waals surface area contributed by atoms with E-state index in [1.54, 1.807) is 0 Å². The molecule has 3 rings (SSSR count). The Morgan fingerprint density at radius 1 is 1.05 bits per heavy atom. The SMILES string of the molecule is CS(=O)(=O)C1CCCC1(O)C1CCOC2(CCCCC2)C1. The fourth-order valence-corrected chi connectivity index (χ4v) is 6.68. The zero-order chi connectivity index (χ0) is 15.1. The Hall–Kier alpha value is -0.130. The standard InChI is InChI=1S/C16H28O4S/c1-21(18,19)14-6-5-10-16(14,17)13-7-11-20-15(12-13)8-3-2-4-9-15/h13-14,17H,2-12H2,1H3. The van der Waals surface area contributed by atoms with Gasteiger partial charge in [-0.3, -0.25) is 0 Å². The normalized spacial score (nSPS) is 40.5. The summed E-state index contributed by atoms with van der Waals surface area (Å²) < 4.78 is 30.2. The van der Waals surface area contributed by atoms with Crippen molar-refractivity contribution in [1.29, 1.82) is 0 Å². The van der Waals surface area contributed by atoms with Gasteiger partial charge in [0.25, 0.3) is 0 Å². The molecule has 1 N–H and O–H groups in total. The number of hydrogen-bond donors (Lipinski definition) is 1. The second-order valence-corrected chi connectivity index (χ2v) is 9.71. The highest BCUT2D eigenvalue weighted by atomic mass is 32.2. The molecule has 4 nitrogen and oxygen atoms in total. The van der Waals surface area contributed by atoms with Crippen LogP contribution >= 0.6 is 0 Å². The minimum Gasteiger partial charge on any atom is -0.388 e. The average Bonchev–Trinajstić information content (AvgIpc) is 2.83. The maximum Gasteiger partial charge on any atom is 0.153 e. The Labute approximate surface area is 128 Å². The van der Waals surface area contributed by atoms with Crippen molar-refractivity contribution in [2.24, 2.45) is 5.92 Å². The van der Waals surface area contributed by atoms with Crippen LogP contribution < -0.4 is 0 Å². The van der Waals surface area contributed by atoms with E-state index in [1.165, 1.54) is 25.5 Å². The first-order chi connectivity index (χ1) is 9.86. The number of ether oxygens (including phenoxy) is 1. The summed E-state index contributed by atoms with van der Waals surface area (Å²) in [5.74, 6) is 0.0755. The molecule has 21 heavy (non-hydrogen) atoms. The summed E-state index contributed by atoms with van der Waals surface area (Å²) in [6.45, 7) is 0.670. The number of aliphatic hydroxyl groups is 1. The topological polar surface area (TPSA) is 63.6 Å². The van der Waals surface area contributed by atoms with Crippen molar-refractivity contribution in [3.8, 4) is 0 Å². The molecule has 1 heterocycles. The largest absolute Gasteiger partial charge is 0.388 e. The monoisotopic (exact) mass is 316 g/mol. The third-order valence-corrected chi connectivity index (χ3v) is 7.76. The lowest BCUT2D eigenvalue weighted by Gasteiger charge is -2.48. The Morgan fingerprint density at radius 2 is 1.76 bits per heavy atom. The van der Waals surface area contributed by atoms with E-state index in [1.807, 2.05) is 0 Å². The molecule has 3 fully saturated rings. The minimum atomic E-state index is -3.19. The van der Waals surface area contributed by atoms with Gasteiger partial charge in [-0.2, -0.15) is 0 Å². The van der Waals surface area contributed by atoms with Gasteiger partial charge in [0, 0.05) is 12.9 Å². The lowest BCUT2D eigenvalue weighted by molar-refractivity contribution is -0.153. The summed E-state index contributed by atoms with van der Waals surface area (Å²) in [4.78, 5) is 0. The van der Waals surface area contributed by atoms with Crippen molar-refractivity contribution < 1.29 is 18.3 Å². The molecule has 1 spiro atoms. The first-order valence-electron chi connectivity index (χ1n) is 8.41. The van der Waals surface area contributed by atoms with Crippen molar-refractivity contribution in [3.05, 3.63) is 0 Å². The maximum absolute atomic E-state index is 12.1. The van der Waals surface area contributed by atoms with E-state index in [0.29, 0.717) is 19.4 Å². The van der Waals surface area contributed by atoms with Crippen LogP contribution in [0.4, 0.5) is 0 Å². The Morgan fingerprint density at radius 3 is 2.43 bits per heavy atom. The van der Waals surface area contributed by atoms with Gasteiger partial charge in [0.1, 0.15) is 0 Å². The summed E-state index contributed by atoms with van der Waals surface area (Å²) in [6, 6.07) is 0. The summed E-state index contributed by atoms with van der Waals surface area (Å²) in [5.41, 5.74) is -1.11. The van der Waals surface area contributed by atoms with Gasteiger partial charge in [-0.05, 0) is 50.9 Å². The highest BCUT2D eigenvalue weighted by molar-refractivity contribution is 7.91. The molecule has 3 atom stereocenters. The molecule has 2 saturated carbocycles. The summed E-state index contributed by atoms with van der Waals surface area (Å²) in [6.07, 6.45) is 10.8. The molecule has 1 saturated heterocycles. The van der Waals surface area contributed by atoms with Crippen molar-refractivity contribution in [3.63, 3.8) is 0 Å². The van der Waals surface area contributed by atoms with E-state index in [0.717, 1.165) is 32.1 Å². The van der Waals surface area contributed by atoms with E-state index < -0.39 is 20.7 Å². The molecule has 0 aromatic rings. The summed E-state index contributed by atoms with van der Waals surface area (Å²) in [5, 5.41) is 10.6. The molecule has 3 aliphatic rings. The lowest BCUT2D eigenvalue weighted by atomic mass is 9.70. The summed E-state index contributed by atoms with van der Waals surface area (Å²) in [7, 11) is -3.19. The minimum absolute atomic E-state index is 0.0755. The molecule has 0 amide bonds. The van der Waals surface area contributed by atoms with Crippen LogP contribution in [0.15, 0.2) is 0 Å². The quantitative estimate of drug-likeness (QED) is 0.850. The predicted molar refractivity (Wildman–Crippen MR) is 81.9 cm³/mol. The molecule has 0 radical (unpaired) electrons. The molecule has 0 aromatic carbocycles. The van der Waals surface area contributed by atoms with Crippen LogP contribution in [0.1, 0.15) is 64.2 Å². The molecule has 3 unspecified atom stereocenters. The van der Waals surface area contributed by atoms with E-state index in [4.69, 9.17) is 4.74 Å².